The van der Waals surface area contributed by atoms with E-state index < -0.39 is 0 Å². The topological polar surface area (TPSA) is 42.4 Å². The Kier molecular flexibility index (Phi) is 4.86. The molecule has 2 aromatic rings. The summed E-state index contributed by atoms with van der Waals surface area (Å²) in [5.41, 5.74) is 0.482. The third-order valence-corrected chi connectivity index (χ3v) is 4.08. The monoisotopic (exact) mass is 314 g/mol. The number of hydrogen-bond donors (Lipinski definition) is 0. The van der Waals surface area contributed by atoms with Gasteiger partial charge in [0.2, 0.25) is 0 Å². The number of likely N-dealkylation sites (tertiary alicyclic amines) is 1. The van der Waals surface area contributed by atoms with Crippen LogP contribution in [-0.4, -0.2) is 35.5 Å². The van der Waals surface area contributed by atoms with Crippen molar-refractivity contribution < 1.29 is 13.9 Å². The first-order chi connectivity index (χ1) is 11.2. The van der Waals surface area contributed by atoms with Crippen LogP contribution in [0.3, 0.4) is 0 Å². The molecule has 0 saturated carbocycles. The van der Waals surface area contributed by atoms with Crippen molar-refractivity contribution in [2.45, 2.75) is 12.8 Å². The summed E-state index contributed by atoms with van der Waals surface area (Å²) in [6.45, 7) is 1.90. The largest absolute Gasteiger partial charge is 0.491 e. The zero-order valence-corrected chi connectivity index (χ0v) is 12.8. The van der Waals surface area contributed by atoms with Gasteiger partial charge < -0.3 is 9.64 Å². The molecule has 0 bridgehead atoms. The van der Waals surface area contributed by atoms with E-state index in [1.807, 2.05) is 11.0 Å². The molecule has 2 heterocycles. The molecule has 1 aliphatic rings. The number of para-hydroxylation sites is 1. The second-order valence-electron chi connectivity index (χ2n) is 5.69. The zero-order chi connectivity index (χ0) is 16.1. The molecular weight excluding hydrogens is 295 g/mol. The van der Waals surface area contributed by atoms with Crippen LogP contribution in [0.25, 0.3) is 0 Å². The lowest BCUT2D eigenvalue weighted by atomic mass is 10.1. The second-order valence-corrected chi connectivity index (χ2v) is 5.69. The fourth-order valence-electron chi connectivity index (χ4n) is 2.80. The summed E-state index contributed by atoms with van der Waals surface area (Å²) in [5, 5.41) is 0. The van der Waals surface area contributed by atoms with Crippen molar-refractivity contribution in [1.29, 1.82) is 0 Å². The highest BCUT2D eigenvalue weighted by atomic mass is 19.1. The van der Waals surface area contributed by atoms with Gasteiger partial charge in [-0.1, -0.05) is 18.2 Å². The van der Waals surface area contributed by atoms with Gasteiger partial charge in [0.25, 0.3) is 5.91 Å². The first-order valence-corrected chi connectivity index (χ1v) is 7.81. The van der Waals surface area contributed by atoms with Gasteiger partial charge in [0.1, 0.15) is 5.69 Å². The van der Waals surface area contributed by atoms with Crippen LogP contribution in [0.1, 0.15) is 23.3 Å². The molecule has 1 atom stereocenters. The average Bonchev–Trinajstić information content (AvgIpc) is 3.06. The maximum atomic E-state index is 13.5. The summed E-state index contributed by atoms with van der Waals surface area (Å²) >= 11 is 0. The first kappa shape index (κ1) is 15.5. The van der Waals surface area contributed by atoms with Crippen LogP contribution in [0.4, 0.5) is 4.39 Å². The van der Waals surface area contributed by atoms with Gasteiger partial charge in [-0.05, 0) is 43.0 Å². The molecule has 0 radical (unpaired) electrons. The van der Waals surface area contributed by atoms with E-state index in [1.54, 1.807) is 36.5 Å². The molecule has 3 rings (SSSR count). The Balaban J connectivity index is 1.47. The molecule has 1 saturated heterocycles. The van der Waals surface area contributed by atoms with Crippen molar-refractivity contribution in [3.05, 3.63) is 60.2 Å². The molecule has 0 N–H and O–H groups in total. The maximum absolute atomic E-state index is 13.5. The number of amides is 1. The summed E-state index contributed by atoms with van der Waals surface area (Å²) in [6.07, 6.45) is 3.38. The lowest BCUT2D eigenvalue weighted by Gasteiger charge is -2.16. The Labute approximate surface area is 134 Å². The summed E-state index contributed by atoms with van der Waals surface area (Å²) in [5.74, 6) is 0.301. The Morgan fingerprint density at radius 1 is 1.26 bits per heavy atom. The Hall–Kier alpha value is -2.43. The van der Waals surface area contributed by atoms with Crippen molar-refractivity contribution in [3.8, 4) is 5.75 Å². The van der Waals surface area contributed by atoms with E-state index in [1.165, 1.54) is 6.07 Å². The Morgan fingerprint density at radius 3 is 2.87 bits per heavy atom. The molecular formula is C18H19FN2O2. The number of nitrogens with zero attached hydrogens (tertiary/aromatic N) is 2. The summed E-state index contributed by atoms with van der Waals surface area (Å²) in [7, 11) is 0. The second kappa shape index (κ2) is 7.22. The Morgan fingerprint density at radius 2 is 2.09 bits per heavy atom. The molecule has 120 valence electrons. The highest BCUT2D eigenvalue weighted by Crippen LogP contribution is 2.22. The third kappa shape index (κ3) is 3.86. The summed E-state index contributed by atoms with van der Waals surface area (Å²) in [4.78, 5) is 18.2. The minimum absolute atomic E-state index is 0.0249. The molecule has 1 amide bonds. The number of carbonyl (C=O) groups is 1. The van der Waals surface area contributed by atoms with Crippen LogP contribution < -0.4 is 4.74 Å². The van der Waals surface area contributed by atoms with E-state index in [9.17, 15) is 9.18 Å². The average molecular weight is 314 g/mol. The number of pyridine rings is 1. The van der Waals surface area contributed by atoms with Crippen LogP contribution in [0.2, 0.25) is 0 Å². The zero-order valence-electron chi connectivity index (χ0n) is 12.8. The molecule has 1 unspecified atom stereocenters. The molecule has 1 aromatic heterocycles. The SMILES string of the molecule is O=C(c1ccccn1)N1CCC(CCOc2ccccc2F)C1. The van der Waals surface area contributed by atoms with Gasteiger partial charge in [0.15, 0.2) is 11.6 Å². The van der Waals surface area contributed by atoms with Gasteiger partial charge >= 0.3 is 0 Å². The standard InChI is InChI=1S/C18H19FN2O2/c19-15-5-1-2-7-17(15)23-12-9-14-8-11-21(13-14)18(22)16-6-3-4-10-20-16/h1-7,10,14H,8-9,11-13H2. The Bertz CT molecular complexity index is 663. The lowest BCUT2D eigenvalue weighted by molar-refractivity contribution is 0.0779. The smallest absolute Gasteiger partial charge is 0.272 e. The highest BCUT2D eigenvalue weighted by molar-refractivity contribution is 5.92. The lowest BCUT2D eigenvalue weighted by Crippen LogP contribution is -2.29. The van der Waals surface area contributed by atoms with E-state index in [-0.39, 0.29) is 17.5 Å². The molecule has 23 heavy (non-hydrogen) atoms. The molecule has 5 heteroatoms. The molecule has 0 spiro atoms. The normalized spacial score (nSPS) is 17.3. The number of carbonyl (C=O) groups excluding carboxylic acids is 1. The summed E-state index contributed by atoms with van der Waals surface area (Å²) in [6, 6.07) is 11.7. The van der Waals surface area contributed by atoms with Gasteiger partial charge in [-0.3, -0.25) is 9.78 Å². The summed E-state index contributed by atoms with van der Waals surface area (Å²) < 4.78 is 18.9. The van der Waals surface area contributed by atoms with Crippen molar-refractivity contribution in [1.82, 2.24) is 9.88 Å². The van der Waals surface area contributed by atoms with E-state index in [2.05, 4.69) is 4.98 Å². The predicted molar refractivity (Wildman–Crippen MR) is 84.8 cm³/mol. The minimum atomic E-state index is -0.342. The van der Waals surface area contributed by atoms with Crippen LogP contribution in [0, 0.1) is 11.7 Å². The minimum Gasteiger partial charge on any atom is -0.491 e. The predicted octanol–water partition coefficient (Wildman–Crippen LogP) is 3.15. The van der Waals surface area contributed by atoms with Crippen LogP contribution >= 0.6 is 0 Å². The van der Waals surface area contributed by atoms with Gasteiger partial charge in [0.05, 0.1) is 6.61 Å². The van der Waals surface area contributed by atoms with E-state index in [0.29, 0.717) is 24.8 Å². The highest BCUT2D eigenvalue weighted by Gasteiger charge is 2.27. The van der Waals surface area contributed by atoms with Crippen molar-refractivity contribution in [2.75, 3.05) is 19.7 Å². The van der Waals surface area contributed by atoms with Crippen molar-refractivity contribution >= 4 is 5.91 Å². The van der Waals surface area contributed by atoms with E-state index in [0.717, 1.165) is 19.4 Å². The molecule has 0 aliphatic carbocycles. The molecule has 1 aliphatic heterocycles. The van der Waals surface area contributed by atoms with Crippen molar-refractivity contribution in [2.24, 2.45) is 5.92 Å². The number of ether oxygens (including phenoxy) is 1. The van der Waals surface area contributed by atoms with E-state index in [4.69, 9.17) is 4.74 Å². The van der Waals surface area contributed by atoms with Gasteiger partial charge in [-0.25, -0.2) is 4.39 Å². The molecule has 1 fully saturated rings. The number of benzene rings is 1. The fourth-order valence-corrected chi connectivity index (χ4v) is 2.80. The number of aromatic nitrogens is 1. The molecule has 1 aromatic carbocycles. The fraction of sp³-hybridized carbons (Fsp3) is 0.333. The van der Waals surface area contributed by atoms with E-state index >= 15 is 0 Å². The molecule has 4 nitrogen and oxygen atoms in total. The quantitative estimate of drug-likeness (QED) is 0.851. The van der Waals surface area contributed by atoms with Crippen LogP contribution in [0.15, 0.2) is 48.7 Å². The van der Waals surface area contributed by atoms with Crippen LogP contribution in [-0.2, 0) is 0 Å². The van der Waals surface area contributed by atoms with Gasteiger partial charge in [-0.15, -0.1) is 0 Å². The maximum Gasteiger partial charge on any atom is 0.272 e. The van der Waals surface area contributed by atoms with Gasteiger partial charge in [0, 0.05) is 19.3 Å². The van der Waals surface area contributed by atoms with Gasteiger partial charge in [-0.2, -0.15) is 0 Å². The van der Waals surface area contributed by atoms with Crippen molar-refractivity contribution in [3.63, 3.8) is 0 Å². The number of halogens is 1. The number of rotatable bonds is 5. The third-order valence-electron chi connectivity index (χ3n) is 4.08. The number of hydrogen-bond acceptors (Lipinski definition) is 3. The first-order valence-electron chi connectivity index (χ1n) is 7.81. The van der Waals surface area contributed by atoms with Crippen LogP contribution in [0.5, 0.6) is 5.75 Å².